The van der Waals surface area contributed by atoms with Gasteiger partial charge in [0.25, 0.3) is 0 Å². The van der Waals surface area contributed by atoms with Crippen LogP contribution in [-0.4, -0.2) is 39.0 Å². The Balaban J connectivity index is 1.45. The molecule has 1 aromatic heterocycles. The van der Waals surface area contributed by atoms with E-state index in [9.17, 15) is 4.79 Å². The van der Waals surface area contributed by atoms with Crippen LogP contribution in [0.2, 0.25) is 0 Å². The molecule has 4 nitrogen and oxygen atoms in total. The number of carbonyl (C=O) groups excluding carboxylic acids is 1. The van der Waals surface area contributed by atoms with Gasteiger partial charge in [-0.05, 0) is 38.0 Å². The van der Waals surface area contributed by atoms with Gasteiger partial charge >= 0.3 is 0 Å². The van der Waals surface area contributed by atoms with Crippen LogP contribution in [-0.2, 0) is 17.6 Å². The standard InChI is InChI=1S/C18H27N3OS3/c1-12-8-9-14-15(10-12)25-17(19-14)20-16(22)11-24-18(23)21(2)13-6-4-3-5-7-13/h12-13H,3-11H2,1-2H3,(H,19,20,22)/t12-/m0/s1. The van der Waals surface area contributed by atoms with E-state index in [2.05, 4.69) is 29.2 Å². The predicted molar refractivity (Wildman–Crippen MR) is 112 cm³/mol. The maximum atomic E-state index is 12.2. The molecule has 0 spiro atoms. The second-order valence-electron chi connectivity index (χ2n) is 7.24. The second-order valence-corrected chi connectivity index (χ2v) is 9.94. The lowest BCUT2D eigenvalue weighted by Crippen LogP contribution is -2.36. The normalized spacial score (nSPS) is 20.8. The molecular formula is C18H27N3OS3. The highest BCUT2D eigenvalue weighted by atomic mass is 32.2. The van der Waals surface area contributed by atoms with E-state index in [1.807, 2.05) is 0 Å². The Morgan fingerprint density at radius 3 is 2.88 bits per heavy atom. The predicted octanol–water partition coefficient (Wildman–Crippen LogP) is 4.49. The molecule has 0 bridgehead atoms. The number of hydrogen-bond acceptors (Lipinski definition) is 5. The lowest BCUT2D eigenvalue weighted by Gasteiger charge is -2.32. The summed E-state index contributed by atoms with van der Waals surface area (Å²) in [6, 6.07) is 0.546. The number of aromatic nitrogens is 1. The van der Waals surface area contributed by atoms with Gasteiger partial charge in [-0.25, -0.2) is 4.98 Å². The summed E-state index contributed by atoms with van der Waals surface area (Å²) in [7, 11) is 2.07. The van der Waals surface area contributed by atoms with Crippen LogP contribution in [0.5, 0.6) is 0 Å². The van der Waals surface area contributed by atoms with Gasteiger partial charge in [-0.15, -0.1) is 11.3 Å². The smallest absolute Gasteiger partial charge is 0.236 e. The van der Waals surface area contributed by atoms with Gasteiger partial charge < -0.3 is 10.2 Å². The first-order valence-corrected chi connectivity index (χ1v) is 11.4. The van der Waals surface area contributed by atoms with E-state index in [1.165, 1.54) is 60.9 Å². The molecule has 3 rings (SSSR count). The van der Waals surface area contributed by atoms with Crippen molar-refractivity contribution in [2.75, 3.05) is 18.1 Å². The van der Waals surface area contributed by atoms with Gasteiger partial charge in [0.15, 0.2) is 5.13 Å². The van der Waals surface area contributed by atoms with Gasteiger partial charge in [0.1, 0.15) is 4.32 Å². The number of nitrogens with zero attached hydrogens (tertiary/aromatic N) is 2. The van der Waals surface area contributed by atoms with Gasteiger partial charge in [0.2, 0.25) is 5.91 Å². The molecule has 1 aromatic rings. The summed E-state index contributed by atoms with van der Waals surface area (Å²) < 4.78 is 0.828. The minimum absolute atomic E-state index is 0.0106. The summed E-state index contributed by atoms with van der Waals surface area (Å²) >= 11 is 8.62. The Labute approximate surface area is 164 Å². The minimum Gasteiger partial charge on any atom is -0.358 e. The molecule has 1 N–H and O–H groups in total. The number of anilines is 1. The highest BCUT2D eigenvalue weighted by molar-refractivity contribution is 8.23. The number of rotatable bonds is 4. The fourth-order valence-electron chi connectivity index (χ4n) is 3.60. The fraction of sp³-hybridized carbons (Fsp3) is 0.722. The van der Waals surface area contributed by atoms with Crippen molar-refractivity contribution in [2.24, 2.45) is 5.92 Å². The number of thiazole rings is 1. The molecule has 1 atom stereocenters. The third-order valence-corrected chi connectivity index (χ3v) is 7.79. The number of nitrogens with one attached hydrogen (secondary N) is 1. The molecule has 0 radical (unpaired) electrons. The van der Waals surface area contributed by atoms with Crippen molar-refractivity contribution in [3.63, 3.8) is 0 Å². The van der Waals surface area contributed by atoms with Crippen LogP contribution in [0.1, 0.15) is 56.0 Å². The van der Waals surface area contributed by atoms with Gasteiger partial charge in [0.05, 0.1) is 11.4 Å². The van der Waals surface area contributed by atoms with Crippen LogP contribution in [0.3, 0.4) is 0 Å². The third-order valence-electron chi connectivity index (χ3n) is 5.17. The summed E-state index contributed by atoms with van der Waals surface area (Å²) in [5, 5.41) is 3.70. The molecule has 25 heavy (non-hydrogen) atoms. The molecule has 7 heteroatoms. The van der Waals surface area contributed by atoms with E-state index in [1.54, 1.807) is 11.3 Å². The van der Waals surface area contributed by atoms with Crippen molar-refractivity contribution < 1.29 is 4.79 Å². The average molecular weight is 398 g/mol. The molecule has 0 aromatic carbocycles. The highest BCUT2D eigenvalue weighted by Gasteiger charge is 2.22. The summed E-state index contributed by atoms with van der Waals surface area (Å²) in [6.45, 7) is 2.28. The lowest BCUT2D eigenvalue weighted by atomic mass is 9.93. The first-order valence-electron chi connectivity index (χ1n) is 9.21. The zero-order chi connectivity index (χ0) is 17.8. The summed E-state index contributed by atoms with van der Waals surface area (Å²) in [5.74, 6) is 1.07. The Bertz CT molecular complexity index is 625. The van der Waals surface area contributed by atoms with Crippen LogP contribution < -0.4 is 5.32 Å². The van der Waals surface area contributed by atoms with Crippen LogP contribution in [0.15, 0.2) is 0 Å². The molecule has 0 aliphatic heterocycles. The zero-order valence-corrected chi connectivity index (χ0v) is 17.5. The largest absolute Gasteiger partial charge is 0.358 e. The van der Waals surface area contributed by atoms with E-state index in [0.29, 0.717) is 11.8 Å². The van der Waals surface area contributed by atoms with E-state index >= 15 is 0 Å². The quantitative estimate of drug-likeness (QED) is 0.759. The summed E-state index contributed by atoms with van der Waals surface area (Å²) in [5.41, 5.74) is 1.18. The second kappa shape index (κ2) is 8.82. The van der Waals surface area contributed by atoms with Crippen molar-refractivity contribution >= 4 is 50.7 Å². The van der Waals surface area contributed by atoms with Crippen molar-refractivity contribution in [3.05, 3.63) is 10.6 Å². The van der Waals surface area contributed by atoms with Crippen LogP contribution in [0, 0.1) is 5.92 Å². The molecule has 0 saturated heterocycles. The first-order chi connectivity index (χ1) is 12.0. The summed E-state index contributed by atoms with van der Waals surface area (Å²) in [4.78, 5) is 20.4. The summed E-state index contributed by atoms with van der Waals surface area (Å²) in [6.07, 6.45) is 9.66. The van der Waals surface area contributed by atoms with Crippen molar-refractivity contribution in [3.8, 4) is 0 Å². The Morgan fingerprint density at radius 2 is 2.12 bits per heavy atom. The molecule has 2 aliphatic rings. The van der Waals surface area contributed by atoms with Crippen molar-refractivity contribution in [1.82, 2.24) is 9.88 Å². The molecule has 2 aliphatic carbocycles. The minimum atomic E-state index is -0.0106. The van der Waals surface area contributed by atoms with E-state index in [4.69, 9.17) is 12.2 Å². The van der Waals surface area contributed by atoms with Gasteiger partial charge in [-0.2, -0.15) is 0 Å². The maximum Gasteiger partial charge on any atom is 0.236 e. The van der Waals surface area contributed by atoms with Gasteiger partial charge in [-0.3, -0.25) is 4.79 Å². The van der Waals surface area contributed by atoms with Gasteiger partial charge in [-0.1, -0.05) is 50.2 Å². The van der Waals surface area contributed by atoms with E-state index in [-0.39, 0.29) is 5.91 Å². The van der Waals surface area contributed by atoms with Gasteiger partial charge in [0, 0.05) is 18.0 Å². The average Bonchev–Trinajstić information content (AvgIpc) is 3.01. The fourth-order valence-corrected chi connectivity index (χ4v) is 5.79. The Kier molecular flexibility index (Phi) is 6.74. The van der Waals surface area contributed by atoms with Crippen LogP contribution in [0.25, 0.3) is 0 Å². The first kappa shape index (κ1) is 19.1. The molecule has 0 unspecified atom stereocenters. The maximum absolute atomic E-state index is 12.2. The number of carbonyl (C=O) groups is 1. The molecular weight excluding hydrogens is 370 g/mol. The molecule has 1 amide bonds. The lowest BCUT2D eigenvalue weighted by molar-refractivity contribution is -0.113. The number of amides is 1. The Morgan fingerprint density at radius 1 is 1.36 bits per heavy atom. The highest BCUT2D eigenvalue weighted by Crippen LogP contribution is 2.32. The van der Waals surface area contributed by atoms with Crippen molar-refractivity contribution in [1.29, 1.82) is 0 Å². The molecule has 1 fully saturated rings. The zero-order valence-electron chi connectivity index (χ0n) is 15.0. The van der Waals surface area contributed by atoms with E-state index in [0.717, 1.165) is 28.2 Å². The van der Waals surface area contributed by atoms with Crippen molar-refractivity contribution in [2.45, 2.75) is 64.3 Å². The number of thiocarbonyl (C=S) groups is 1. The van der Waals surface area contributed by atoms with Crippen LogP contribution in [0.4, 0.5) is 5.13 Å². The van der Waals surface area contributed by atoms with Crippen LogP contribution >= 0.6 is 35.3 Å². The Hall–Kier alpha value is -0.660. The molecule has 1 heterocycles. The monoisotopic (exact) mass is 397 g/mol. The topological polar surface area (TPSA) is 45.2 Å². The number of fused-ring (bicyclic) bond motifs is 1. The third kappa shape index (κ3) is 5.17. The SMILES string of the molecule is C[C@H]1CCc2nc(NC(=O)CSC(=S)N(C)C3CCCCC3)sc2C1. The van der Waals surface area contributed by atoms with E-state index < -0.39 is 0 Å². The molecule has 138 valence electrons. The molecule has 1 saturated carbocycles. The number of aryl methyl sites for hydroxylation is 1. The number of thioether (sulfide) groups is 1. The number of hydrogen-bond donors (Lipinski definition) is 1.